The lowest BCUT2D eigenvalue weighted by molar-refractivity contribution is -0.0278. The standard InChI is InChI=1S/C12H24N4O/c1-6-17-11(12(2,3)4)9(13)7-10-14-8-15-16(10)5/h8-9,11H,6-7,13H2,1-5H3. The van der Waals surface area contributed by atoms with Gasteiger partial charge in [-0.2, -0.15) is 5.10 Å². The van der Waals surface area contributed by atoms with Crippen molar-refractivity contribution in [3.05, 3.63) is 12.2 Å². The monoisotopic (exact) mass is 240 g/mol. The van der Waals surface area contributed by atoms with Crippen LogP contribution in [0, 0.1) is 5.41 Å². The Morgan fingerprint density at radius 1 is 1.47 bits per heavy atom. The molecule has 0 aromatic carbocycles. The van der Waals surface area contributed by atoms with Crippen LogP contribution < -0.4 is 5.73 Å². The Hall–Kier alpha value is -0.940. The molecular weight excluding hydrogens is 216 g/mol. The van der Waals surface area contributed by atoms with Crippen LogP contribution in [-0.4, -0.2) is 33.5 Å². The van der Waals surface area contributed by atoms with E-state index in [-0.39, 0.29) is 17.6 Å². The van der Waals surface area contributed by atoms with E-state index in [0.717, 1.165) is 5.82 Å². The smallest absolute Gasteiger partial charge is 0.138 e. The van der Waals surface area contributed by atoms with Crippen LogP contribution in [0.25, 0.3) is 0 Å². The highest BCUT2D eigenvalue weighted by molar-refractivity contribution is 4.94. The number of hydrogen-bond donors (Lipinski definition) is 1. The van der Waals surface area contributed by atoms with Crippen LogP contribution in [0.2, 0.25) is 0 Å². The number of aryl methyl sites for hydroxylation is 1. The maximum absolute atomic E-state index is 6.24. The van der Waals surface area contributed by atoms with Crippen molar-refractivity contribution < 1.29 is 4.74 Å². The van der Waals surface area contributed by atoms with Crippen molar-refractivity contribution in [3.8, 4) is 0 Å². The molecule has 98 valence electrons. The first kappa shape index (κ1) is 14.1. The van der Waals surface area contributed by atoms with Gasteiger partial charge in [0.15, 0.2) is 0 Å². The lowest BCUT2D eigenvalue weighted by Crippen LogP contribution is -2.47. The summed E-state index contributed by atoms with van der Waals surface area (Å²) in [5.74, 6) is 0.895. The highest BCUT2D eigenvalue weighted by Crippen LogP contribution is 2.25. The molecule has 5 nitrogen and oxygen atoms in total. The molecule has 0 aliphatic carbocycles. The molecule has 0 saturated heterocycles. The van der Waals surface area contributed by atoms with Crippen LogP contribution in [0.1, 0.15) is 33.5 Å². The molecule has 17 heavy (non-hydrogen) atoms. The summed E-state index contributed by atoms with van der Waals surface area (Å²) in [6.07, 6.45) is 2.25. The molecule has 0 bridgehead atoms. The molecule has 0 saturated carbocycles. The van der Waals surface area contributed by atoms with Crippen molar-refractivity contribution in [2.45, 2.75) is 46.3 Å². The van der Waals surface area contributed by atoms with Gasteiger partial charge in [-0.15, -0.1) is 0 Å². The Labute approximate surface area is 103 Å². The molecule has 1 aromatic rings. The molecule has 0 amide bonds. The largest absolute Gasteiger partial charge is 0.376 e. The van der Waals surface area contributed by atoms with Gasteiger partial charge in [-0.3, -0.25) is 4.68 Å². The fourth-order valence-corrected chi connectivity index (χ4v) is 2.02. The maximum atomic E-state index is 6.24. The molecule has 0 fully saturated rings. The number of nitrogens with zero attached hydrogens (tertiary/aromatic N) is 3. The summed E-state index contributed by atoms with van der Waals surface area (Å²) < 4.78 is 7.53. The molecule has 2 atom stereocenters. The summed E-state index contributed by atoms with van der Waals surface area (Å²) in [5.41, 5.74) is 6.27. The Bertz CT molecular complexity index is 343. The van der Waals surface area contributed by atoms with E-state index < -0.39 is 0 Å². The van der Waals surface area contributed by atoms with Crippen molar-refractivity contribution in [1.82, 2.24) is 14.8 Å². The van der Waals surface area contributed by atoms with Crippen molar-refractivity contribution >= 4 is 0 Å². The van der Waals surface area contributed by atoms with E-state index >= 15 is 0 Å². The Morgan fingerprint density at radius 2 is 2.12 bits per heavy atom. The van der Waals surface area contributed by atoms with Crippen LogP contribution in [-0.2, 0) is 18.2 Å². The van der Waals surface area contributed by atoms with Gasteiger partial charge in [-0.25, -0.2) is 4.98 Å². The molecule has 2 unspecified atom stereocenters. The maximum Gasteiger partial charge on any atom is 0.138 e. The van der Waals surface area contributed by atoms with Gasteiger partial charge < -0.3 is 10.5 Å². The van der Waals surface area contributed by atoms with E-state index in [9.17, 15) is 0 Å². The highest BCUT2D eigenvalue weighted by atomic mass is 16.5. The fraction of sp³-hybridized carbons (Fsp3) is 0.833. The molecule has 0 spiro atoms. The molecule has 2 N–H and O–H groups in total. The summed E-state index contributed by atoms with van der Waals surface area (Å²) in [4.78, 5) is 4.20. The first-order valence-electron chi connectivity index (χ1n) is 6.06. The number of rotatable bonds is 5. The fourth-order valence-electron chi connectivity index (χ4n) is 2.02. The van der Waals surface area contributed by atoms with Gasteiger partial charge in [0.05, 0.1) is 6.10 Å². The molecule has 0 radical (unpaired) electrons. The van der Waals surface area contributed by atoms with Crippen molar-refractivity contribution in [2.75, 3.05) is 6.61 Å². The normalized spacial score (nSPS) is 15.9. The Morgan fingerprint density at radius 3 is 2.53 bits per heavy atom. The third kappa shape index (κ3) is 3.78. The molecular formula is C12H24N4O. The van der Waals surface area contributed by atoms with E-state index in [1.165, 1.54) is 0 Å². The van der Waals surface area contributed by atoms with Crippen LogP contribution in [0.3, 0.4) is 0 Å². The van der Waals surface area contributed by atoms with Gasteiger partial charge in [-0.05, 0) is 12.3 Å². The predicted octanol–water partition coefficient (Wildman–Crippen LogP) is 1.14. The van der Waals surface area contributed by atoms with Gasteiger partial charge in [0.25, 0.3) is 0 Å². The zero-order valence-electron chi connectivity index (χ0n) is 11.5. The lowest BCUT2D eigenvalue weighted by atomic mass is 9.83. The number of aromatic nitrogens is 3. The van der Waals surface area contributed by atoms with Crippen LogP contribution in [0.4, 0.5) is 0 Å². The summed E-state index contributed by atoms with van der Waals surface area (Å²) in [5, 5.41) is 4.05. The van der Waals surface area contributed by atoms with E-state index in [4.69, 9.17) is 10.5 Å². The Balaban J connectivity index is 2.72. The zero-order valence-corrected chi connectivity index (χ0v) is 11.5. The second-order valence-corrected chi connectivity index (χ2v) is 5.41. The van der Waals surface area contributed by atoms with Crippen molar-refractivity contribution in [1.29, 1.82) is 0 Å². The van der Waals surface area contributed by atoms with Crippen LogP contribution >= 0.6 is 0 Å². The lowest BCUT2D eigenvalue weighted by Gasteiger charge is -2.34. The number of hydrogen-bond acceptors (Lipinski definition) is 4. The first-order chi connectivity index (χ1) is 7.86. The van der Waals surface area contributed by atoms with E-state index in [1.807, 2.05) is 14.0 Å². The summed E-state index contributed by atoms with van der Waals surface area (Å²) in [6, 6.07) is -0.0714. The predicted molar refractivity (Wildman–Crippen MR) is 67.6 cm³/mol. The number of nitrogens with two attached hydrogens (primary N) is 1. The van der Waals surface area contributed by atoms with Gasteiger partial charge >= 0.3 is 0 Å². The van der Waals surface area contributed by atoms with Gasteiger partial charge in [-0.1, -0.05) is 20.8 Å². The minimum Gasteiger partial charge on any atom is -0.376 e. The minimum atomic E-state index is -0.0714. The molecule has 0 aliphatic heterocycles. The summed E-state index contributed by atoms with van der Waals surface area (Å²) in [7, 11) is 1.88. The minimum absolute atomic E-state index is 0.0178. The van der Waals surface area contributed by atoms with Crippen molar-refractivity contribution in [2.24, 2.45) is 18.2 Å². The molecule has 5 heteroatoms. The average Bonchev–Trinajstić information content (AvgIpc) is 2.59. The first-order valence-corrected chi connectivity index (χ1v) is 6.06. The van der Waals surface area contributed by atoms with Crippen LogP contribution in [0.15, 0.2) is 6.33 Å². The van der Waals surface area contributed by atoms with Gasteiger partial charge in [0, 0.05) is 26.1 Å². The molecule has 1 aromatic heterocycles. The molecule has 1 heterocycles. The second-order valence-electron chi connectivity index (χ2n) is 5.41. The van der Waals surface area contributed by atoms with E-state index in [1.54, 1.807) is 11.0 Å². The van der Waals surface area contributed by atoms with Gasteiger partial charge in [0.2, 0.25) is 0 Å². The summed E-state index contributed by atoms with van der Waals surface area (Å²) in [6.45, 7) is 9.10. The topological polar surface area (TPSA) is 66.0 Å². The summed E-state index contributed by atoms with van der Waals surface area (Å²) >= 11 is 0. The second kappa shape index (κ2) is 5.60. The van der Waals surface area contributed by atoms with E-state index in [0.29, 0.717) is 13.0 Å². The average molecular weight is 240 g/mol. The third-order valence-corrected chi connectivity index (χ3v) is 2.81. The van der Waals surface area contributed by atoms with Crippen LogP contribution in [0.5, 0.6) is 0 Å². The molecule has 1 rings (SSSR count). The van der Waals surface area contributed by atoms with Crippen molar-refractivity contribution in [3.63, 3.8) is 0 Å². The third-order valence-electron chi connectivity index (χ3n) is 2.81. The zero-order chi connectivity index (χ0) is 13.1. The highest BCUT2D eigenvalue weighted by Gasteiger charge is 2.31. The number of ether oxygens (including phenoxy) is 1. The SMILES string of the molecule is CCOC(C(N)Cc1ncnn1C)C(C)(C)C. The van der Waals surface area contributed by atoms with E-state index in [2.05, 4.69) is 30.9 Å². The quantitative estimate of drug-likeness (QED) is 0.838. The van der Waals surface area contributed by atoms with Gasteiger partial charge in [0.1, 0.15) is 12.2 Å². The molecule has 0 aliphatic rings. The Kier molecular flexibility index (Phi) is 4.65.